The monoisotopic (exact) mass is 312 g/mol. The van der Waals surface area contributed by atoms with Gasteiger partial charge in [-0.05, 0) is 18.4 Å². The van der Waals surface area contributed by atoms with Gasteiger partial charge in [-0.15, -0.1) is 0 Å². The van der Waals surface area contributed by atoms with Crippen LogP contribution in [0, 0.1) is 0 Å². The Balaban J connectivity index is 1.85. The van der Waals surface area contributed by atoms with Gasteiger partial charge in [-0.1, -0.05) is 30.3 Å². The van der Waals surface area contributed by atoms with E-state index in [9.17, 15) is 14.6 Å². The maximum absolute atomic E-state index is 12.9. The van der Waals surface area contributed by atoms with Crippen molar-refractivity contribution in [2.75, 3.05) is 13.2 Å². The molecule has 1 heterocycles. The quantitative estimate of drug-likeness (QED) is 0.681. The summed E-state index contributed by atoms with van der Waals surface area (Å²) in [7, 11) is 0. The van der Waals surface area contributed by atoms with Gasteiger partial charge in [0.15, 0.2) is 6.29 Å². The molecule has 6 heteroatoms. The Morgan fingerprint density at radius 3 is 2.59 bits per heavy atom. The number of aliphatic hydroxyl groups excluding tert-OH is 3. The molecule has 0 aromatic heterocycles. The second-order valence-electron chi connectivity index (χ2n) is 5.19. The average Bonchev–Trinajstić information content (AvgIpc) is 2.55. The Morgan fingerprint density at radius 2 is 1.95 bits per heavy atom. The van der Waals surface area contributed by atoms with Gasteiger partial charge >= 0.3 is 0 Å². The van der Waals surface area contributed by atoms with Gasteiger partial charge in [0, 0.05) is 5.57 Å². The van der Waals surface area contributed by atoms with Crippen LogP contribution in [0.3, 0.4) is 0 Å². The molecule has 0 amide bonds. The normalized spacial score (nSPS) is 30.6. The lowest BCUT2D eigenvalue weighted by Gasteiger charge is -2.37. The number of halogens is 1. The van der Waals surface area contributed by atoms with Crippen molar-refractivity contribution in [2.24, 2.45) is 0 Å². The Morgan fingerprint density at radius 1 is 1.23 bits per heavy atom. The van der Waals surface area contributed by atoms with Crippen LogP contribution >= 0.6 is 0 Å². The van der Waals surface area contributed by atoms with Crippen molar-refractivity contribution in [3.05, 3.63) is 47.8 Å². The van der Waals surface area contributed by atoms with Crippen molar-refractivity contribution < 1.29 is 29.2 Å². The SMILES string of the molecule is OCC1O[C@H](OCCCc2ccccc2)/C(=C\F)C(O)[C@@H]1O. The van der Waals surface area contributed by atoms with Crippen molar-refractivity contribution in [1.29, 1.82) is 0 Å². The fraction of sp³-hybridized carbons (Fsp3) is 0.500. The number of aliphatic hydroxyl groups is 3. The van der Waals surface area contributed by atoms with Gasteiger partial charge in [0.25, 0.3) is 0 Å². The molecule has 3 N–H and O–H groups in total. The second kappa shape index (κ2) is 8.36. The summed E-state index contributed by atoms with van der Waals surface area (Å²) in [6, 6.07) is 9.86. The van der Waals surface area contributed by atoms with E-state index in [1.165, 1.54) is 5.56 Å². The molecular formula is C16H21FO5. The first-order chi connectivity index (χ1) is 10.7. The van der Waals surface area contributed by atoms with Crippen LogP contribution in [0.5, 0.6) is 0 Å². The van der Waals surface area contributed by atoms with Crippen LogP contribution in [0.25, 0.3) is 0 Å². The van der Waals surface area contributed by atoms with Gasteiger partial charge in [0.05, 0.1) is 19.5 Å². The zero-order chi connectivity index (χ0) is 15.9. The lowest BCUT2D eigenvalue weighted by Crippen LogP contribution is -2.52. The number of hydrogen-bond acceptors (Lipinski definition) is 5. The zero-order valence-electron chi connectivity index (χ0n) is 12.1. The molecule has 0 radical (unpaired) electrons. The molecule has 22 heavy (non-hydrogen) atoms. The van der Waals surface area contributed by atoms with Crippen molar-refractivity contribution in [3.63, 3.8) is 0 Å². The van der Waals surface area contributed by atoms with Crippen molar-refractivity contribution in [1.82, 2.24) is 0 Å². The van der Waals surface area contributed by atoms with Gasteiger partial charge in [-0.25, -0.2) is 4.39 Å². The van der Waals surface area contributed by atoms with Gasteiger partial charge in [0.2, 0.25) is 0 Å². The molecule has 4 atom stereocenters. The maximum atomic E-state index is 12.9. The minimum Gasteiger partial charge on any atom is -0.394 e. The fourth-order valence-electron chi connectivity index (χ4n) is 2.37. The molecule has 0 saturated carbocycles. The summed E-state index contributed by atoms with van der Waals surface area (Å²) < 4.78 is 23.6. The molecule has 1 fully saturated rings. The highest BCUT2D eigenvalue weighted by atomic mass is 19.1. The van der Waals surface area contributed by atoms with E-state index in [2.05, 4.69) is 0 Å². The molecular weight excluding hydrogens is 291 g/mol. The summed E-state index contributed by atoms with van der Waals surface area (Å²) in [5.74, 6) is 0. The standard InChI is InChI=1S/C16H21FO5/c17-9-12-14(19)15(20)13(10-18)22-16(12)21-8-4-7-11-5-2-1-3-6-11/h1-3,5-6,9,13-16,18-20H,4,7-8,10H2/b12-9-/t13?,14?,15-,16+/m1/s1. The summed E-state index contributed by atoms with van der Waals surface area (Å²) in [5.41, 5.74) is 0.998. The molecule has 0 bridgehead atoms. The van der Waals surface area contributed by atoms with E-state index in [4.69, 9.17) is 14.6 Å². The van der Waals surface area contributed by atoms with Crippen LogP contribution in [0.2, 0.25) is 0 Å². The molecule has 5 nitrogen and oxygen atoms in total. The third kappa shape index (κ3) is 4.12. The first-order valence-electron chi connectivity index (χ1n) is 7.25. The van der Waals surface area contributed by atoms with E-state index < -0.39 is 31.2 Å². The Kier molecular flexibility index (Phi) is 6.48. The molecule has 1 saturated heterocycles. The molecule has 0 spiro atoms. The largest absolute Gasteiger partial charge is 0.394 e. The maximum Gasteiger partial charge on any atom is 0.185 e. The van der Waals surface area contributed by atoms with Gasteiger partial charge in [0.1, 0.15) is 18.3 Å². The third-order valence-electron chi connectivity index (χ3n) is 3.64. The Hall–Kier alpha value is -1.31. The van der Waals surface area contributed by atoms with Gasteiger partial charge in [-0.2, -0.15) is 0 Å². The van der Waals surface area contributed by atoms with Crippen molar-refractivity contribution in [2.45, 2.75) is 37.4 Å². The summed E-state index contributed by atoms with van der Waals surface area (Å²) in [4.78, 5) is 0. The van der Waals surface area contributed by atoms with Gasteiger partial charge in [-0.3, -0.25) is 0 Å². The first-order valence-corrected chi connectivity index (χ1v) is 7.25. The van der Waals surface area contributed by atoms with Crippen LogP contribution in [0.4, 0.5) is 4.39 Å². The van der Waals surface area contributed by atoms with E-state index in [1.807, 2.05) is 30.3 Å². The van der Waals surface area contributed by atoms with Crippen LogP contribution in [-0.4, -0.2) is 53.1 Å². The van der Waals surface area contributed by atoms with E-state index in [0.29, 0.717) is 13.0 Å². The van der Waals surface area contributed by atoms with Crippen LogP contribution in [0.15, 0.2) is 42.2 Å². The molecule has 122 valence electrons. The number of benzene rings is 1. The number of ether oxygens (including phenoxy) is 2. The number of aryl methyl sites for hydroxylation is 1. The summed E-state index contributed by atoms with van der Waals surface area (Å²) in [6.07, 6.45) is -3.24. The summed E-state index contributed by atoms with van der Waals surface area (Å²) >= 11 is 0. The highest BCUT2D eigenvalue weighted by Gasteiger charge is 2.40. The molecule has 1 aromatic carbocycles. The Bertz CT molecular complexity index is 479. The summed E-state index contributed by atoms with van der Waals surface area (Å²) in [6.45, 7) is -0.181. The fourth-order valence-corrected chi connectivity index (χ4v) is 2.37. The topological polar surface area (TPSA) is 79.2 Å². The number of hydrogen-bond donors (Lipinski definition) is 3. The second-order valence-corrected chi connectivity index (χ2v) is 5.19. The minimum absolute atomic E-state index is 0.170. The average molecular weight is 312 g/mol. The predicted octanol–water partition coefficient (Wildman–Crippen LogP) is 0.928. The van der Waals surface area contributed by atoms with Crippen molar-refractivity contribution in [3.8, 4) is 0 Å². The minimum atomic E-state index is -1.45. The molecule has 0 aliphatic carbocycles. The molecule has 1 aromatic rings. The van der Waals surface area contributed by atoms with E-state index in [-0.39, 0.29) is 11.9 Å². The lowest BCUT2D eigenvalue weighted by molar-refractivity contribution is -0.226. The van der Waals surface area contributed by atoms with E-state index >= 15 is 0 Å². The summed E-state index contributed by atoms with van der Waals surface area (Å²) in [5, 5.41) is 28.6. The number of rotatable bonds is 6. The lowest BCUT2D eigenvalue weighted by atomic mass is 9.97. The van der Waals surface area contributed by atoms with E-state index in [0.717, 1.165) is 6.42 Å². The van der Waals surface area contributed by atoms with Crippen LogP contribution in [-0.2, 0) is 15.9 Å². The smallest absolute Gasteiger partial charge is 0.185 e. The highest BCUT2D eigenvalue weighted by Crippen LogP contribution is 2.26. The molecule has 1 aliphatic heterocycles. The van der Waals surface area contributed by atoms with Crippen LogP contribution < -0.4 is 0 Å². The zero-order valence-corrected chi connectivity index (χ0v) is 12.1. The third-order valence-corrected chi connectivity index (χ3v) is 3.64. The molecule has 1 aliphatic rings. The van der Waals surface area contributed by atoms with Gasteiger partial charge < -0.3 is 24.8 Å². The van der Waals surface area contributed by atoms with Crippen molar-refractivity contribution >= 4 is 0 Å². The van der Waals surface area contributed by atoms with E-state index in [1.54, 1.807) is 0 Å². The Labute approximate surface area is 128 Å². The molecule has 2 unspecified atom stereocenters. The first kappa shape index (κ1) is 17.1. The van der Waals surface area contributed by atoms with Crippen LogP contribution in [0.1, 0.15) is 12.0 Å². The molecule has 2 rings (SSSR count). The highest BCUT2D eigenvalue weighted by molar-refractivity contribution is 5.15. The predicted molar refractivity (Wildman–Crippen MR) is 77.7 cm³/mol.